The number of hydrogen-bond donors (Lipinski definition) is 2. The van der Waals surface area contributed by atoms with Gasteiger partial charge in [-0.25, -0.2) is 4.57 Å². The quantitative estimate of drug-likeness (QED) is 0.0289. The third kappa shape index (κ3) is 38.7. The Labute approximate surface area is 299 Å². The first kappa shape index (κ1) is 47.0. The number of carbonyl (C=O) groups is 2. The topological polar surface area (TPSA) is 119 Å². The predicted molar refractivity (Wildman–Crippen MR) is 202 cm³/mol. The summed E-state index contributed by atoms with van der Waals surface area (Å²) < 4.78 is 26.3. The normalized spacial score (nSPS) is 13.0. The molecule has 0 radical (unpaired) electrons. The molecule has 9 heteroatoms. The second-order valence-corrected chi connectivity index (χ2v) is 14.1. The Bertz CT molecular complexity index is 937. The molecule has 0 aliphatic rings. The van der Waals surface area contributed by atoms with Crippen molar-refractivity contribution in [1.29, 1.82) is 0 Å². The van der Waals surface area contributed by atoms with Crippen LogP contribution in [0, 0.1) is 0 Å². The van der Waals surface area contributed by atoms with Crippen molar-refractivity contribution in [3.05, 3.63) is 48.6 Å². The van der Waals surface area contributed by atoms with E-state index in [1.54, 1.807) is 0 Å². The number of ether oxygens (including phenoxy) is 2. The van der Waals surface area contributed by atoms with Crippen LogP contribution in [0.15, 0.2) is 48.6 Å². The van der Waals surface area contributed by atoms with E-state index in [-0.39, 0.29) is 19.4 Å². The monoisotopic (exact) mass is 710 g/mol. The summed E-state index contributed by atoms with van der Waals surface area (Å²) in [5.74, 6) is -0.932. The molecule has 49 heavy (non-hydrogen) atoms. The van der Waals surface area contributed by atoms with Gasteiger partial charge in [-0.05, 0) is 51.4 Å². The zero-order chi connectivity index (χ0) is 36.1. The fraction of sp³-hybridized carbons (Fsp3) is 0.750. The molecule has 0 heterocycles. The van der Waals surface area contributed by atoms with Crippen LogP contribution in [-0.4, -0.2) is 41.0 Å². The van der Waals surface area contributed by atoms with Crippen LogP contribution in [0.1, 0.15) is 174 Å². The minimum Gasteiger partial charge on any atom is -0.462 e. The number of allylic oxidation sites excluding steroid dienone is 8. The fourth-order valence-corrected chi connectivity index (χ4v) is 5.61. The number of phosphoric ester groups is 1. The van der Waals surface area contributed by atoms with Gasteiger partial charge >= 0.3 is 19.8 Å². The van der Waals surface area contributed by atoms with Gasteiger partial charge in [-0.3, -0.25) is 14.1 Å². The van der Waals surface area contributed by atoms with E-state index in [1.165, 1.54) is 83.5 Å². The number of unbranched alkanes of at least 4 members (excludes halogenated alkanes) is 17. The first-order valence-corrected chi connectivity index (χ1v) is 21.0. The number of carbonyl (C=O) groups excluding carboxylic acids is 2. The smallest absolute Gasteiger partial charge is 0.462 e. The predicted octanol–water partition coefficient (Wildman–Crippen LogP) is 11.6. The highest BCUT2D eigenvalue weighted by atomic mass is 31.2. The van der Waals surface area contributed by atoms with E-state index in [2.05, 4.69) is 67.0 Å². The molecule has 0 amide bonds. The van der Waals surface area contributed by atoms with Gasteiger partial charge in [0, 0.05) is 12.8 Å². The molecule has 0 aliphatic heterocycles. The third-order valence-corrected chi connectivity index (χ3v) is 8.60. The van der Waals surface area contributed by atoms with Gasteiger partial charge in [-0.1, -0.05) is 159 Å². The van der Waals surface area contributed by atoms with Crippen molar-refractivity contribution in [3.63, 3.8) is 0 Å². The summed E-state index contributed by atoms with van der Waals surface area (Å²) in [6, 6.07) is 0. The average molecular weight is 711 g/mol. The molecular weight excluding hydrogens is 639 g/mol. The summed E-state index contributed by atoms with van der Waals surface area (Å²) in [6.07, 6.45) is 42.6. The van der Waals surface area contributed by atoms with Crippen LogP contribution in [0.3, 0.4) is 0 Å². The van der Waals surface area contributed by atoms with Gasteiger partial charge < -0.3 is 19.3 Å². The standard InChI is InChI=1S/C40H71O8P/c1-3-5-7-9-11-13-15-17-19-21-22-24-26-28-30-32-34-39(41)46-36-38(37-47-49(43,44)45)48-40(42)35-33-31-29-27-25-23-20-18-16-14-12-10-8-6-4-2/h6,8,12,14,18,20,25,27,38H,3-5,7,9-11,13,15-17,19,21-24,26,28-37H2,1-2H3,(H2,43,44,45)/b8-6-,14-12-,20-18-,27-25-. The van der Waals surface area contributed by atoms with Crippen LogP contribution in [0.5, 0.6) is 0 Å². The summed E-state index contributed by atoms with van der Waals surface area (Å²) in [4.78, 5) is 42.7. The van der Waals surface area contributed by atoms with E-state index in [0.717, 1.165) is 57.8 Å². The molecule has 0 bridgehead atoms. The molecule has 0 rings (SSSR count). The Morgan fingerprint density at radius 3 is 1.47 bits per heavy atom. The molecule has 0 saturated heterocycles. The van der Waals surface area contributed by atoms with E-state index >= 15 is 0 Å². The molecule has 8 nitrogen and oxygen atoms in total. The molecule has 2 N–H and O–H groups in total. The second-order valence-electron chi connectivity index (χ2n) is 12.9. The second kappa shape index (κ2) is 35.8. The summed E-state index contributed by atoms with van der Waals surface area (Å²) in [7, 11) is -4.76. The van der Waals surface area contributed by atoms with E-state index in [1.807, 2.05) is 0 Å². The van der Waals surface area contributed by atoms with Crippen molar-refractivity contribution in [2.24, 2.45) is 0 Å². The van der Waals surface area contributed by atoms with Gasteiger partial charge in [0.05, 0.1) is 6.61 Å². The third-order valence-electron chi connectivity index (χ3n) is 8.11. The molecule has 0 spiro atoms. The summed E-state index contributed by atoms with van der Waals surface area (Å²) in [6.45, 7) is 3.53. The Morgan fingerprint density at radius 1 is 0.551 bits per heavy atom. The minimum absolute atomic E-state index is 0.160. The fourth-order valence-electron chi connectivity index (χ4n) is 5.25. The maximum atomic E-state index is 12.3. The summed E-state index contributed by atoms with van der Waals surface area (Å²) in [5, 5.41) is 0. The maximum absolute atomic E-state index is 12.3. The lowest BCUT2D eigenvalue weighted by molar-refractivity contribution is -0.161. The highest BCUT2D eigenvalue weighted by Gasteiger charge is 2.22. The lowest BCUT2D eigenvalue weighted by Crippen LogP contribution is -2.29. The van der Waals surface area contributed by atoms with Gasteiger partial charge in [0.15, 0.2) is 6.10 Å². The Balaban J connectivity index is 4.00. The SMILES string of the molecule is CC/C=C\C/C=C\C/C=C\C/C=C\CCCCC(=O)OC(COC(=O)CCCCCCCCCCCCCCCCCC)COP(=O)(O)O. The largest absolute Gasteiger partial charge is 0.469 e. The van der Waals surface area contributed by atoms with Crippen molar-refractivity contribution in [3.8, 4) is 0 Å². The lowest BCUT2D eigenvalue weighted by atomic mass is 10.0. The number of esters is 2. The zero-order valence-electron chi connectivity index (χ0n) is 31.1. The molecule has 284 valence electrons. The molecule has 0 aromatic heterocycles. The van der Waals surface area contributed by atoms with E-state index in [9.17, 15) is 14.2 Å². The van der Waals surface area contributed by atoms with Gasteiger partial charge in [0.25, 0.3) is 0 Å². The first-order chi connectivity index (χ1) is 23.8. The first-order valence-electron chi connectivity index (χ1n) is 19.4. The van der Waals surface area contributed by atoms with Crippen molar-refractivity contribution in [2.45, 2.75) is 180 Å². The van der Waals surface area contributed by atoms with Crippen molar-refractivity contribution >= 4 is 19.8 Å². The molecule has 0 saturated carbocycles. The van der Waals surface area contributed by atoms with E-state index in [0.29, 0.717) is 6.42 Å². The number of hydrogen-bond acceptors (Lipinski definition) is 6. The van der Waals surface area contributed by atoms with Gasteiger partial charge in [-0.2, -0.15) is 0 Å². The molecule has 0 aliphatic carbocycles. The van der Waals surface area contributed by atoms with Gasteiger partial charge in [-0.15, -0.1) is 0 Å². The summed E-state index contributed by atoms with van der Waals surface area (Å²) >= 11 is 0. The zero-order valence-corrected chi connectivity index (χ0v) is 32.0. The van der Waals surface area contributed by atoms with Crippen LogP contribution < -0.4 is 0 Å². The van der Waals surface area contributed by atoms with E-state index < -0.39 is 32.5 Å². The lowest BCUT2D eigenvalue weighted by Gasteiger charge is -2.18. The number of rotatable bonds is 35. The summed E-state index contributed by atoms with van der Waals surface area (Å²) in [5.41, 5.74) is 0. The van der Waals surface area contributed by atoms with Gasteiger partial charge in [0.2, 0.25) is 0 Å². The highest BCUT2D eigenvalue weighted by Crippen LogP contribution is 2.36. The Kier molecular flexibility index (Phi) is 34.4. The van der Waals surface area contributed by atoms with Crippen LogP contribution in [0.4, 0.5) is 0 Å². The van der Waals surface area contributed by atoms with Crippen LogP contribution >= 0.6 is 7.82 Å². The molecule has 1 unspecified atom stereocenters. The highest BCUT2D eigenvalue weighted by molar-refractivity contribution is 7.46. The van der Waals surface area contributed by atoms with Crippen molar-refractivity contribution in [2.75, 3.05) is 13.2 Å². The Morgan fingerprint density at radius 2 is 0.980 bits per heavy atom. The van der Waals surface area contributed by atoms with Crippen LogP contribution in [-0.2, 0) is 28.2 Å². The van der Waals surface area contributed by atoms with Crippen molar-refractivity contribution in [1.82, 2.24) is 0 Å². The number of phosphoric acid groups is 1. The minimum atomic E-state index is -4.76. The van der Waals surface area contributed by atoms with Crippen LogP contribution in [0.25, 0.3) is 0 Å². The molecule has 0 fully saturated rings. The Hall–Kier alpha value is -1.99. The molecule has 0 aromatic carbocycles. The average Bonchev–Trinajstić information content (AvgIpc) is 3.07. The molecule has 1 atom stereocenters. The molecular formula is C40H71O8P. The molecule has 0 aromatic rings. The van der Waals surface area contributed by atoms with Crippen LogP contribution in [0.2, 0.25) is 0 Å². The van der Waals surface area contributed by atoms with E-state index in [4.69, 9.17) is 19.3 Å². The maximum Gasteiger partial charge on any atom is 0.469 e. The van der Waals surface area contributed by atoms with Crippen molar-refractivity contribution < 1.29 is 37.9 Å². The van der Waals surface area contributed by atoms with Gasteiger partial charge in [0.1, 0.15) is 6.61 Å².